The van der Waals surface area contributed by atoms with Crippen molar-refractivity contribution in [1.82, 2.24) is 0 Å². The first-order chi connectivity index (χ1) is 7.09. The van der Waals surface area contributed by atoms with Gasteiger partial charge in [-0.15, -0.1) is 0 Å². The molecule has 84 valence electrons. The van der Waals surface area contributed by atoms with Crippen LogP contribution in [0.25, 0.3) is 0 Å². The second-order valence-corrected chi connectivity index (χ2v) is 3.81. The van der Waals surface area contributed by atoms with Crippen molar-refractivity contribution in [3.63, 3.8) is 0 Å². The Hall–Kier alpha value is -0.930. The molecular weight excluding hydrogens is 195 g/mol. The summed E-state index contributed by atoms with van der Waals surface area (Å²) in [7, 11) is 1.56. The number of hydrogen-bond acceptors (Lipinski definition) is 2. The van der Waals surface area contributed by atoms with Crippen molar-refractivity contribution in [2.24, 2.45) is 0 Å². The fraction of sp³-hybridized carbons (Fsp3) is 0.500. The van der Waals surface area contributed by atoms with Gasteiger partial charge in [0.25, 0.3) is 0 Å². The molecule has 3 heteroatoms. The van der Waals surface area contributed by atoms with Crippen LogP contribution < -0.4 is 0 Å². The Morgan fingerprint density at radius 3 is 2.40 bits per heavy atom. The van der Waals surface area contributed by atoms with E-state index < -0.39 is 5.60 Å². The minimum atomic E-state index is -0.855. The van der Waals surface area contributed by atoms with E-state index in [9.17, 15) is 9.50 Å². The predicted octanol–water partition coefficient (Wildman–Crippen LogP) is 2.16. The molecule has 0 aliphatic carbocycles. The summed E-state index contributed by atoms with van der Waals surface area (Å²) in [4.78, 5) is 0. The topological polar surface area (TPSA) is 29.5 Å². The van der Waals surface area contributed by atoms with Crippen molar-refractivity contribution in [2.75, 3.05) is 13.7 Å². The first-order valence-corrected chi connectivity index (χ1v) is 5.05. The quantitative estimate of drug-likeness (QED) is 0.810. The van der Waals surface area contributed by atoms with Crippen molar-refractivity contribution < 1.29 is 14.2 Å². The van der Waals surface area contributed by atoms with E-state index in [4.69, 9.17) is 4.74 Å². The number of halogens is 1. The van der Waals surface area contributed by atoms with E-state index in [-0.39, 0.29) is 5.82 Å². The molecule has 1 N–H and O–H groups in total. The van der Waals surface area contributed by atoms with Gasteiger partial charge in [0, 0.05) is 13.5 Å². The van der Waals surface area contributed by atoms with Crippen LogP contribution in [0, 0.1) is 5.82 Å². The summed E-state index contributed by atoms with van der Waals surface area (Å²) in [6.07, 6.45) is 1.09. The predicted molar refractivity (Wildman–Crippen MR) is 57.2 cm³/mol. The van der Waals surface area contributed by atoms with Gasteiger partial charge in [0.2, 0.25) is 0 Å². The van der Waals surface area contributed by atoms with Crippen molar-refractivity contribution >= 4 is 0 Å². The summed E-state index contributed by atoms with van der Waals surface area (Å²) in [5.74, 6) is -0.259. The molecule has 1 aromatic carbocycles. The first-order valence-electron chi connectivity index (χ1n) is 5.05. The third-order valence-electron chi connectivity index (χ3n) is 2.52. The fourth-order valence-electron chi connectivity index (χ4n) is 1.53. The van der Waals surface area contributed by atoms with Crippen molar-refractivity contribution in [3.8, 4) is 0 Å². The second kappa shape index (κ2) is 5.24. The molecular formula is C12H17FO2. The maximum atomic E-state index is 12.7. The van der Waals surface area contributed by atoms with Crippen molar-refractivity contribution in [3.05, 3.63) is 35.6 Å². The lowest BCUT2D eigenvalue weighted by Gasteiger charge is -2.25. The molecule has 0 radical (unpaired) electrons. The zero-order valence-electron chi connectivity index (χ0n) is 9.16. The highest BCUT2D eigenvalue weighted by atomic mass is 19.1. The van der Waals surface area contributed by atoms with E-state index in [1.807, 2.05) is 6.92 Å². The lowest BCUT2D eigenvalue weighted by atomic mass is 9.93. The third kappa shape index (κ3) is 3.61. The van der Waals surface area contributed by atoms with E-state index in [0.29, 0.717) is 19.4 Å². The highest BCUT2D eigenvalue weighted by Gasteiger charge is 2.24. The minimum Gasteiger partial charge on any atom is -0.387 e. The first kappa shape index (κ1) is 12.1. The monoisotopic (exact) mass is 212 g/mol. The molecule has 0 bridgehead atoms. The minimum absolute atomic E-state index is 0.259. The van der Waals surface area contributed by atoms with Crippen LogP contribution in [0.3, 0.4) is 0 Å². The number of aliphatic hydroxyl groups is 1. The van der Waals surface area contributed by atoms with E-state index in [2.05, 4.69) is 0 Å². The molecule has 15 heavy (non-hydrogen) atoms. The Balaban J connectivity index is 2.70. The smallest absolute Gasteiger partial charge is 0.123 e. The molecule has 0 aliphatic rings. The molecule has 2 nitrogen and oxygen atoms in total. The van der Waals surface area contributed by atoms with Crippen LogP contribution in [0.4, 0.5) is 4.39 Å². The lowest BCUT2D eigenvalue weighted by Crippen LogP contribution is -2.35. The third-order valence-corrected chi connectivity index (χ3v) is 2.52. The normalized spacial score (nSPS) is 14.9. The number of ether oxygens (including phenoxy) is 1. The summed E-state index contributed by atoms with van der Waals surface area (Å²) >= 11 is 0. The highest BCUT2D eigenvalue weighted by Crippen LogP contribution is 2.18. The Bertz CT molecular complexity index is 297. The van der Waals surface area contributed by atoms with Crippen LogP contribution >= 0.6 is 0 Å². The van der Waals surface area contributed by atoms with Crippen LogP contribution in [-0.2, 0) is 11.2 Å². The van der Waals surface area contributed by atoms with E-state index in [1.54, 1.807) is 19.2 Å². The largest absolute Gasteiger partial charge is 0.387 e. The molecule has 0 saturated heterocycles. The summed E-state index contributed by atoms with van der Waals surface area (Å²) in [5, 5.41) is 10.1. The molecule has 1 atom stereocenters. The van der Waals surface area contributed by atoms with Gasteiger partial charge >= 0.3 is 0 Å². The molecule has 0 spiro atoms. The number of benzene rings is 1. The zero-order valence-corrected chi connectivity index (χ0v) is 9.16. The van der Waals surface area contributed by atoms with Gasteiger partial charge in [-0.3, -0.25) is 0 Å². The van der Waals surface area contributed by atoms with E-state index >= 15 is 0 Å². The maximum absolute atomic E-state index is 12.7. The van der Waals surface area contributed by atoms with Crippen LogP contribution in [0.15, 0.2) is 24.3 Å². The molecule has 1 aromatic rings. The summed E-state index contributed by atoms with van der Waals surface area (Å²) in [6.45, 7) is 2.20. The van der Waals surface area contributed by atoms with Crippen LogP contribution in [0.1, 0.15) is 18.9 Å². The summed E-state index contributed by atoms with van der Waals surface area (Å²) < 4.78 is 17.6. The Labute approximate surface area is 89.7 Å². The Morgan fingerprint density at radius 2 is 1.93 bits per heavy atom. The van der Waals surface area contributed by atoms with Gasteiger partial charge in [-0.25, -0.2) is 4.39 Å². The molecule has 0 saturated carbocycles. The second-order valence-electron chi connectivity index (χ2n) is 3.81. The maximum Gasteiger partial charge on any atom is 0.123 e. The highest BCUT2D eigenvalue weighted by molar-refractivity contribution is 5.18. The van der Waals surface area contributed by atoms with E-state index in [1.165, 1.54) is 12.1 Å². The molecule has 0 heterocycles. The molecule has 0 amide bonds. The molecule has 0 fully saturated rings. The van der Waals surface area contributed by atoms with Gasteiger partial charge in [0.15, 0.2) is 0 Å². The fourth-order valence-corrected chi connectivity index (χ4v) is 1.53. The average molecular weight is 212 g/mol. The van der Waals surface area contributed by atoms with Gasteiger partial charge in [-0.1, -0.05) is 19.1 Å². The number of rotatable bonds is 5. The van der Waals surface area contributed by atoms with Crippen LogP contribution in [-0.4, -0.2) is 24.4 Å². The Morgan fingerprint density at radius 1 is 1.33 bits per heavy atom. The van der Waals surface area contributed by atoms with Crippen molar-refractivity contribution in [1.29, 1.82) is 0 Å². The van der Waals surface area contributed by atoms with Gasteiger partial charge in [0.05, 0.1) is 12.2 Å². The van der Waals surface area contributed by atoms with E-state index in [0.717, 1.165) is 5.56 Å². The number of methoxy groups -OCH3 is 1. The molecule has 1 rings (SSSR count). The van der Waals surface area contributed by atoms with Gasteiger partial charge in [-0.05, 0) is 24.1 Å². The standard InChI is InChI=1S/C12H17FO2/c1-3-12(14,9-15-2)8-10-4-6-11(13)7-5-10/h4-7,14H,3,8-9H2,1-2H3. The van der Waals surface area contributed by atoms with Crippen LogP contribution in [0.5, 0.6) is 0 Å². The lowest BCUT2D eigenvalue weighted by molar-refractivity contribution is -0.0333. The van der Waals surface area contributed by atoms with Crippen LogP contribution in [0.2, 0.25) is 0 Å². The molecule has 0 aliphatic heterocycles. The summed E-state index contributed by atoms with van der Waals surface area (Å²) in [5.41, 5.74) is 0.0600. The van der Waals surface area contributed by atoms with Gasteiger partial charge in [-0.2, -0.15) is 0 Å². The SMILES string of the molecule is CCC(O)(COC)Cc1ccc(F)cc1. The van der Waals surface area contributed by atoms with Crippen molar-refractivity contribution in [2.45, 2.75) is 25.4 Å². The van der Waals surface area contributed by atoms with Gasteiger partial charge < -0.3 is 9.84 Å². The molecule has 0 aromatic heterocycles. The molecule has 1 unspecified atom stereocenters. The summed E-state index contributed by atoms with van der Waals surface area (Å²) in [6, 6.07) is 6.17. The average Bonchev–Trinajstić information content (AvgIpc) is 2.22. The van der Waals surface area contributed by atoms with Gasteiger partial charge in [0.1, 0.15) is 5.82 Å². The zero-order chi connectivity index (χ0) is 11.3. The number of hydrogen-bond donors (Lipinski definition) is 1. The Kier molecular flexibility index (Phi) is 4.24.